The summed E-state index contributed by atoms with van der Waals surface area (Å²) < 4.78 is 8.49. The minimum absolute atomic E-state index is 0.345. The molecular formula is C4H5NO4. The molecule has 5 heteroatoms. The van der Waals surface area contributed by atoms with Crippen LogP contribution in [0.1, 0.15) is 6.92 Å². The van der Waals surface area contributed by atoms with Crippen molar-refractivity contribution >= 4 is 0 Å². The van der Waals surface area contributed by atoms with Gasteiger partial charge in [0.25, 0.3) is 0 Å². The minimum atomic E-state index is -0.961. The predicted octanol–water partition coefficient (Wildman–Crippen LogP) is -0.586. The Morgan fingerprint density at radius 3 is 2.00 bits per heavy atom. The van der Waals surface area contributed by atoms with E-state index in [1.54, 1.807) is 6.92 Å². The number of rotatable bonds is 1. The van der Waals surface area contributed by atoms with E-state index in [0.29, 0.717) is 6.54 Å². The zero-order valence-corrected chi connectivity index (χ0v) is 4.79. The zero-order chi connectivity index (χ0) is 6.85. The van der Waals surface area contributed by atoms with Gasteiger partial charge in [-0.1, -0.05) is 4.91 Å². The third kappa shape index (κ3) is 0.933. The molecule has 0 bridgehead atoms. The highest BCUT2D eigenvalue weighted by atomic mass is 16.7. The maximum absolute atomic E-state index is 10.2. The van der Waals surface area contributed by atoms with Gasteiger partial charge in [0, 0.05) is 0 Å². The normalized spacial score (nSPS) is 9.89. The maximum atomic E-state index is 10.2. The van der Waals surface area contributed by atoms with Gasteiger partial charge in [-0.15, -0.1) is 0 Å². The number of aryl methyl sites for hydroxylation is 1. The van der Waals surface area contributed by atoms with Crippen LogP contribution in [0.4, 0.5) is 0 Å². The van der Waals surface area contributed by atoms with E-state index in [9.17, 15) is 9.59 Å². The molecule has 0 radical (unpaired) electrons. The number of aromatic nitrogens is 1. The Balaban J connectivity index is 3.29. The summed E-state index contributed by atoms with van der Waals surface area (Å²) in [6.07, 6.45) is 0. The summed E-state index contributed by atoms with van der Waals surface area (Å²) in [5, 5.41) is 0. The predicted molar refractivity (Wildman–Crippen MR) is 27.2 cm³/mol. The second-order valence-corrected chi connectivity index (χ2v) is 1.41. The van der Waals surface area contributed by atoms with Crippen LogP contribution >= 0.6 is 0 Å². The molecule has 1 rings (SSSR count). The first-order chi connectivity index (χ1) is 4.24. The molecule has 1 heterocycles. The molecular weight excluding hydrogens is 126 g/mol. The molecule has 0 saturated heterocycles. The molecule has 0 saturated carbocycles. The molecule has 0 unspecified atom stereocenters. The van der Waals surface area contributed by atoms with E-state index in [1.165, 1.54) is 0 Å². The van der Waals surface area contributed by atoms with E-state index in [-0.39, 0.29) is 0 Å². The van der Waals surface area contributed by atoms with Crippen LogP contribution in [0.25, 0.3) is 0 Å². The summed E-state index contributed by atoms with van der Waals surface area (Å²) in [6, 6.07) is 0. The molecule has 0 aliphatic rings. The van der Waals surface area contributed by atoms with Crippen LogP contribution < -0.4 is 11.3 Å². The summed E-state index contributed by atoms with van der Waals surface area (Å²) in [5.74, 6) is 0. The summed E-state index contributed by atoms with van der Waals surface area (Å²) >= 11 is 0. The molecule has 0 aliphatic carbocycles. The lowest BCUT2D eigenvalue weighted by Gasteiger charge is -1.83. The number of hydrogen-bond acceptors (Lipinski definition) is 4. The standard InChI is InChI=1S/C4H5NO4/c1-2-5-8-3(6)4(7)9-5/h2H2,1H3. The first-order valence-electron chi connectivity index (χ1n) is 2.45. The highest BCUT2D eigenvalue weighted by Crippen LogP contribution is 1.74. The van der Waals surface area contributed by atoms with Gasteiger partial charge in [0.1, 0.15) is 0 Å². The maximum Gasteiger partial charge on any atom is 0.446 e. The van der Waals surface area contributed by atoms with E-state index in [4.69, 9.17) is 0 Å². The van der Waals surface area contributed by atoms with Gasteiger partial charge in [-0.2, -0.15) is 0 Å². The van der Waals surface area contributed by atoms with Gasteiger partial charge in [0.15, 0.2) is 0 Å². The third-order valence-corrected chi connectivity index (χ3v) is 0.794. The van der Waals surface area contributed by atoms with Crippen LogP contribution in [0.2, 0.25) is 0 Å². The molecule has 1 aromatic rings. The molecule has 0 spiro atoms. The fourth-order valence-electron chi connectivity index (χ4n) is 0.407. The lowest BCUT2D eigenvalue weighted by Crippen LogP contribution is -2.14. The second kappa shape index (κ2) is 1.93. The van der Waals surface area contributed by atoms with Crippen molar-refractivity contribution in [1.29, 1.82) is 0 Å². The van der Waals surface area contributed by atoms with Crippen molar-refractivity contribution in [3.8, 4) is 0 Å². The van der Waals surface area contributed by atoms with Gasteiger partial charge in [0.05, 0.1) is 6.54 Å². The van der Waals surface area contributed by atoms with Crippen molar-refractivity contribution < 1.29 is 9.05 Å². The van der Waals surface area contributed by atoms with Gasteiger partial charge >= 0.3 is 11.3 Å². The van der Waals surface area contributed by atoms with Gasteiger partial charge < -0.3 is 0 Å². The minimum Gasteiger partial charge on any atom is -0.298 e. The van der Waals surface area contributed by atoms with Crippen LogP contribution in [0.3, 0.4) is 0 Å². The Morgan fingerprint density at radius 1 is 1.33 bits per heavy atom. The van der Waals surface area contributed by atoms with Crippen LogP contribution in [0, 0.1) is 0 Å². The highest BCUT2D eigenvalue weighted by molar-refractivity contribution is 4.55. The summed E-state index contributed by atoms with van der Waals surface area (Å²) in [7, 11) is 0. The zero-order valence-electron chi connectivity index (χ0n) is 4.79. The van der Waals surface area contributed by atoms with Crippen LogP contribution in [0.5, 0.6) is 0 Å². The van der Waals surface area contributed by atoms with Crippen molar-refractivity contribution in [3.63, 3.8) is 0 Å². The van der Waals surface area contributed by atoms with Crippen molar-refractivity contribution in [3.05, 3.63) is 20.8 Å². The monoisotopic (exact) mass is 131 g/mol. The molecule has 5 nitrogen and oxygen atoms in total. The smallest absolute Gasteiger partial charge is 0.298 e. The molecule has 0 aromatic carbocycles. The molecule has 1 aromatic heterocycles. The first kappa shape index (κ1) is 5.87. The van der Waals surface area contributed by atoms with Gasteiger partial charge in [-0.3, -0.25) is 9.05 Å². The summed E-state index contributed by atoms with van der Waals surface area (Å²) in [6.45, 7) is 2.03. The van der Waals surface area contributed by atoms with E-state index in [0.717, 1.165) is 4.91 Å². The quantitative estimate of drug-likeness (QED) is 0.478. The Bertz CT molecular complexity index is 263. The fourth-order valence-corrected chi connectivity index (χ4v) is 0.407. The van der Waals surface area contributed by atoms with Crippen LogP contribution in [-0.4, -0.2) is 4.91 Å². The Kier molecular flexibility index (Phi) is 1.26. The van der Waals surface area contributed by atoms with Gasteiger partial charge in [-0.05, 0) is 6.92 Å². The molecule has 9 heavy (non-hydrogen) atoms. The van der Waals surface area contributed by atoms with E-state index < -0.39 is 11.3 Å². The largest absolute Gasteiger partial charge is 0.446 e. The van der Waals surface area contributed by atoms with Gasteiger partial charge in [0.2, 0.25) is 0 Å². The third-order valence-electron chi connectivity index (χ3n) is 0.794. The van der Waals surface area contributed by atoms with Crippen molar-refractivity contribution in [2.24, 2.45) is 0 Å². The molecule has 50 valence electrons. The number of nitrogens with zero attached hydrogens (tertiary/aromatic N) is 1. The van der Waals surface area contributed by atoms with E-state index >= 15 is 0 Å². The lowest BCUT2D eigenvalue weighted by molar-refractivity contribution is 0.0796. The summed E-state index contributed by atoms with van der Waals surface area (Å²) in [4.78, 5) is 21.2. The lowest BCUT2D eigenvalue weighted by atomic mass is 10.8. The second-order valence-electron chi connectivity index (χ2n) is 1.41. The van der Waals surface area contributed by atoms with Crippen molar-refractivity contribution in [2.45, 2.75) is 13.5 Å². The molecule has 0 atom stereocenters. The first-order valence-corrected chi connectivity index (χ1v) is 2.45. The Morgan fingerprint density at radius 2 is 1.78 bits per heavy atom. The Labute approximate surface area is 49.4 Å². The fraction of sp³-hybridized carbons (Fsp3) is 0.500. The van der Waals surface area contributed by atoms with Crippen molar-refractivity contribution in [1.82, 2.24) is 4.91 Å². The highest BCUT2D eigenvalue weighted by Gasteiger charge is 2.00. The molecule has 0 N–H and O–H groups in total. The SMILES string of the molecule is CCn1oc(=O)c(=O)o1. The van der Waals surface area contributed by atoms with Crippen molar-refractivity contribution in [2.75, 3.05) is 0 Å². The average molecular weight is 131 g/mol. The van der Waals surface area contributed by atoms with E-state index in [2.05, 4.69) is 9.05 Å². The average Bonchev–Trinajstić information content (AvgIpc) is 2.13. The van der Waals surface area contributed by atoms with E-state index in [1.807, 2.05) is 0 Å². The van der Waals surface area contributed by atoms with Crippen LogP contribution in [0.15, 0.2) is 18.6 Å². The molecule has 0 amide bonds. The number of hydrogen-bond donors (Lipinski definition) is 0. The molecule has 0 fully saturated rings. The molecule has 0 aliphatic heterocycles. The topological polar surface area (TPSA) is 65.3 Å². The van der Waals surface area contributed by atoms with Crippen LogP contribution in [-0.2, 0) is 6.54 Å². The Hall–Kier alpha value is -1.26. The van der Waals surface area contributed by atoms with Gasteiger partial charge in [-0.25, -0.2) is 9.59 Å². The summed E-state index contributed by atoms with van der Waals surface area (Å²) in [5.41, 5.74) is -1.92.